The fourth-order valence-corrected chi connectivity index (χ4v) is 1.10. The van der Waals surface area contributed by atoms with E-state index in [9.17, 15) is 14.9 Å². The Morgan fingerprint density at radius 2 is 2.33 bits per heavy atom. The van der Waals surface area contributed by atoms with E-state index in [0.717, 1.165) is 0 Å². The lowest BCUT2D eigenvalue weighted by Gasteiger charge is -1.88. The molecule has 7 nitrogen and oxygen atoms in total. The Morgan fingerprint density at radius 3 is 2.75 bits per heavy atom. The van der Waals surface area contributed by atoms with Crippen LogP contribution in [0.5, 0.6) is 0 Å². The summed E-state index contributed by atoms with van der Waals surface area (Å²) in [4.78, 5) is 19.9. The Kier molecular flexibility index (Phi) is 2.29. The van der Waals surface area contributed by atoms with Crippen molar-refractivity contribution in [2.45, 2.75) is 6.92 Å². The number of carbonyl (C=O) groups is 1. The van der Waals surface area contributed by atoms with Crippen LogP contribution in [0.15, 0.2) is 0 Å². The van der Waals surface area contributed by atoms with E-state index >= 15 is 0 Å². The second kappa shape index (κ2) is 3.22. The molecule has 12 heavy (non-hydrogen) atoms. The fraction of sp³-hybridized carbons (Fsp3) is 0.250. The first-order valence-electron chi connectivity index (χ1n) is 2.85. The van der Waals surface area contributed by atoms with Crippen LogP contribution in [0.2, 0.25) is 0 Å². The van der Waals surface area contributed by atoms with Crippen LogP contribution in [0.4, 0.5) is 10.3 Å². The van der Waals surface area contributed by atoms with Crippen LogP contribution in [-0.2, 0) is 4.79 Å². The molecule has 1 heterocycles. The number of carbonyl (C=O) groups excluding carboxylic acids is 1. The summed E-state index contributed by atoms with van der Waals surface area (Å²) in [5.41, 5.74) is 0. The number of hydrogen-bond donors (Lipinski definition) is 1. The first-order chi connectivity index (χ1) is 5.59. The lowest BCUT2D eigenvalue weighted by Crippen LogP contribution is -2.04. The molecule has 0 radical (unpaired) electrons. The van der Waals surface area contributed by atoms with Crippen molar-refractivity contribution < 1.29 is 9.72 Å². The molecule has 0 aromatic carbocycles. The number of nitro groups is 1. The summed E-state index contributed by atoms with van der Waals surface area (Å²) in [5, 5.41) is 18.8. The lowest BCUT2D eigenvalue weighted by molar-refractivity contribution is -0.385. The maximum Gasteiger partial charge on any atom is 0.452 e. The topological polar surface area (TPSA) is 98.0 Å². The molecule has 0 bridgehead atoms. The SMILES string of the molecule is CC(=O)Nc1nnc([N+](=O)[O-])s1. The van der Waals surface area contributed by atoms with Crippen molar-refractivity contribution in [3.63, 3.8) is 0 Å². The van der Waals surface area contributed by atoms with E-state index in [2.05, 4.69) is 15.5 Å². The number of aromatic nitrogens is 2. The molecule has 0 saturated carbocycles. The molecule has 1 aromatic heterocycles. The number of nitrogens with one attached hydrogen (secondary N) is 1. The number of anilines is 1. The predicted molar refractivity (Wildman–Crippen MR) is 40.9 cm³/mol. The van der Waals surface area contributed by atoms with Crippen molar-refractivity contribution in [2.75, 3.05) is 5.32 Å². The summed E-state index contributed by atoms with van der Waals surface area (Å²) < 4.78 is 0. The molecular weight excluding hydrogens is 184 g/mol. The Bertz CT molecular complexity index is 322. The smallest absolute Gasteiger partial charge is 0.357 e. The van der Waals surface area contributed by atoms with Crippen LogP contribution >= 0.6 is 11.3 Å². The highest BCUT2D eigenvalue weighted by Crippen LogP contribution is 2.21. The third-order valence-electron chi connectivity index (χ3n) is 0.853. The fourth-order valence-electron chi connectivity index (χ4n) is 0.490. The van der Waals surface area contributed by atoms with Crippen LogP contribution in [0, 0.1) is 10.1 Å². The average Bonchev–Trinajstić information content (AvgIpc) is 2.34. The van der Waals surface area contributed by atoms with Crippen molar-refractivity contribution >= 4 is 27.5 Å². The molecule has 0 spiro atoms. The van der Waals surface area contributed by atoms with Gasteiger partial charge in [-0.2, -0.15) is 0 Å². The van der Waals surface area contributed by atoms with Crippen LogP contribution in [0.25, 0.3) is 0 Å². The number of nitrogens with zero attached hydrogens (tertiary/aromatic N) is 3. The summed E-state index contributed by atoms with van der Waals surface area (Å²) >= 11 is 0.716. The highest BCUT2D eigenvalue weighted by Gasteiger charge is 2.15. The van der Waals surface area contributed by atoms with Gasteiger partial charge in [0.15, 0.2) is 0 Å². The molecule has 0 atom stereocenters. The number of amides is 1. The van der Waals surface area contributed by atoms with Crippen LogP contribution in [0.3, 0.4) is 0 Å². The third kappa shape index (κ3) is 1.95. The molecule has 0 saturated heterocycles. The Morgan fingerprint density at radius 1 is 1.67 bits per heavy atom. The minimum absolute atomic E-state index is 0.134. The predicted octanol–water partition coefficient (Wildman–Crippen LogP) is 0.405. The number of hydrogen-bond acceptors (Lipinski definition) is 6. The highest BCUT2D eigenvalue weighted by atomic mass is 32.1. The second-order valence-electron chi connectivity index (χ2n) is 1.83. The molecule has 0 aliphatic heterocycles. The van der Waals surface area contributed by atoms with Gasteiger partial charge in [-0.15, -0.1) is 0 Å². The molecule has 1 aromatic rings. The molecule has 1 amide bonds. The minimum Gasteiger partial charge on any atom is -0.357 e. The molecule has 1 N–H and O–H groups in total. The number of rotatable bonds is 2. The largest absolute Gasteiger partial charge is 0.452 e. The van der Waals surface area contributed by atoms with Crippen LogP contribution in [0.1, 0.15) is 6.92 Å². The highest BCUT2D eigenvalue weighted by molar-refractivity contribution is 7.18. The summed E-state index contributed by atoms with van der Waals surface area (Å²) in [6, 6.07) is 0. The minimum atomic E-state index is -0.664. The molecule has 1 rings (SSSR count). The Hall–Kier alpha value is -1.57. The summed E-state index contributed by atoms with van der Waals surface area (Å²) in [5.74, 6) is -0.332. The van der Waals surface area contributed by atoms with Gasteiger partial charge in [-0.1, -0.05) is 0 Å². The molecule has 8 heteroatoms. The van der Waals surface area contributed by atoms with Gasteiger partial charge in [-0.3, -0.25) is 10.1 Å². The van der Waals surface area contributed by atoms with Crippen molar-refractivity contribution in [3.05, 3.63) is 10.1 Å². The van der Waals surface area contributed by atoms with Gasteiger partial charge in [0, 0.05) is 18.3 Å². The van der Waals surface area contributed by atoms with Crippen LogP contribution < -0.4 is 5.32 Å². The van der Waals surface area contributed by atoms with Crippen molar-refractivity contribution in [2.24, 2.45) is 0 Å². The van der Waals surface area contributed by atoms with Crippen molar-refractivity contribution in [3.8, 4) is 0 Å². The standard InChI is InChI=1S/C4H4N4O3S/c1-2(9)5-3-6-7-4(12-3)8(10)11/h1H3,(H,5,6,9). The molecule has 0 aliphatic carbocycles. The van der Waals surface area contributed by atoms with Gasteiger partial charge in [-0.25, -0.2) is 0 Å². The molecule has 0 aliphatic rings. The second-order valence-corrected chi connectivity index (χ2v) is 2.78. The van der Waals surface area contributed by atoms with E-state index in [0.29, 0.717) is 11.3 Å². The molecule has 0 unspecified atom stereocenters. The van der Waals surface area contributed by atoms with Gasteiger partial charge in [0.25, 0.3) is 0 Å². The zero-order valence-corrected chi connectivity index (χ0v) is 6.79. The van der Waals surface area contributed by atoms with E-state index in [1.54, 1.807) is 0 Å². The van der Waals surface area contributed by atoms with E-state index in [-0.39, 0.29) is 16.2 Å². The Labute approximate surface area is 70.6 Å². The van der Waals surface area contributed by atoms with Gasteiger partial charge in [-0.05, 0) is 10.0 Å². The zero-order chi connectivity index (χ0) is 9.14. The maximum absolute atomic E-state index is 10.5. The van der Waals surface area contributed by atoms with E-state index < -0.39 is 4.92 Å². The van der Waals surface area contributed by atoms with E-state index in [1.807, 2.05) is 0 Å². The van der Waals surface area contributed by atoms with Crippen molar-refractivity contribution in [1.29, 1.82) is 0 Å². The first kappa shape index (κ1) is 8.53. The summed E-state index contributed by atoms with van der Waals surface area (Å²) in [6.07, 6.45) is 0. The molecule has 0 fully saturated rings. The summed E-state index contributed by atoms with van der Waals surface area (Å²) in [7, 11) is 0. The van der Waals surface area contributed by atoms with Gasteiger partial charge in [0.1, 0.15) is 0 Å². The van der Waals surface area contributed by atoms with Gasteiger partial charge < -0.3 is 10.1 Å². The molecule has 64 valence electrons. The maximum atomic E-state index is 10.5. The quantitative estimate of drug-likeness (QED) is 0.535. The van der Waals surface area contributed by atoms with Crippen molar-refractivity contribution in [1.82, 2.24) is 10.2 Å². The first-order valence-corrected chi connectivity index (χ1v) is 3.66. The normalized spacial score (nSPS) is 9.42. The van der Waals surface area contributed by atoms with Gasteiger partial charge >= 0.3 is 5.13 Å². The van der Waals surface area contributed by atoms with Gasteiger partial charge in [0.2, 0.25) is 11.0 Å². The van der Waals surface area contributed by atoms with Crippen LogP contribution in [-0.4, -0.2) is 21.0 Å². The summed E-state index contributed by atoms with van der Waals surface area (Å²) in [6.45, 7) is 1.28. The third-order valence-corrected chi connectivity index (χ3v) is 1.64. The monoisotopic (exact) mass is 188 g/mol. The Balaban J connectivity index is 2.77. The molecular formula is C4H4N4O3S. The van der Waals surface area contributed by atoms with E-state index in [1.165, 1.54) is 6.92 Å². The average molecular weight is 188 g/mol. The zero-order valence-electron chi connectivity index (χ0n) is 5.97. The van der Waals surface area contributed by atoms with Gasteiger partial charge in [0.05, 0.1) is 5.10 Å². The lowest BCUT2D eigenvalue weighted by atomic mass is 10.7. The van der Waals surface area contributed by atoms with E-state index in [4.69, 9.17) is 0 Å².